The lowest BCUT2D eigenvalue weighted by Crippen LogP contribution is -2.44. The van der Waals surface area contributed by atoms with Gasteiger partial charge >= 0.3 is 0 Å². The minimum absolute atomic E-state index is 0.00212. The number of hydrogen-bond donors (Lipinski definition) is 0. The molecule has 1 aliphatic heterocycles. The number of hydrogen-bond acceptors (Lipinski definition) is 3. The van der Waals surface area contributed by atoms with E-state index in [9.17, 15) is 9.18 Å². The molecule has 2 atom stereocenters. The standard InChI is InChI=1S/C15H20FNO3/c1-11(19-2)15(18)17-9-3-4-13(17)10-20-14-7-5-12(16)6-8-14/h5-8,11,13H,3-4,9-10H2,1-2H3/t11-,13+/m1/s1. The van der Waals surface area contributed by atoms with E-state index in [1.54, 1.807) is 19.1 Å². The molecule has 0 N–H and O–H groups in total. The van der Waals surface area contributed by atoms with Gasteiger partial charge in [-0.1, -0.05) is 0 Å². The fraction of sp³-hybridized carbons (Fsp3) is 0.533. The predicted octanol–water partition coefficient (Wildman–Crippen LogP) is 2.23. The highest BCUT2D eigenvalue weighted by Gasteiger charge is 2.31. The zero-order valence-corrected chi connectivity index (χ0v) is 11.8. The number of carbonyl (C=O) groups excluding carboxylic acids is 1. The van der Waals surface area contributed by atoms with E-state index in [1.165, 1.54) is 19.2 Å². The lowest BCUT2D eigenvalue weighted by molar-refractivity contribution is -0.142. The fourth-order valence-corrected chi connectivity index (χ4v) is 2.36. The van der Waals surface area contributed by atoms with Gasteiger partial charge in [0.1, 0.15) is 24.3 Å². The van der Waals surface area contributed by atoms with Gasteiger partial charge in [-0.25, -0.2) is 4.39 Å². The third-order valence-corrected chi connectivity index (χ3v) is 3.62. The van der Waals surface area contributed by atoms with Crippen LogP contribution in [0.3, 0.4) is 0 Å². The molecule has 0 aromatic heterocycles. The number of ether oxygens (including phenoxy) is 2. The Bertz CT molecular complexity index is 449. The van der Waals surface area contributed by atoms with Crippen LogP contribution in [0.2, 0.25) is 0 Å². The van der Waals surface area contributed by atoms with Gasteiger partial charge in [0.15, 0.2) is 0 Å². The van der Waals surface area contributed by atoms with Gasteiger partial charge in [-0.2, -0.15) is 0 Å². The van der Waals surface area contributed by atoms with Crippen LogP contribution in [0.4, 0.5) is 4.39 Å². The van der Waals surface area contributed by atoms with E-state index in [1.807, 2.05) is 4.90 Å². The molecule has 1 fully saturated rings. The van der Waals surface area contributed by atoms with Crippen molar-refractivity contribution >= 4 is 5.91 Å². The summed E-state index contributed by atoms with van der Waals surface area (Å²) < 4.78 is 23.5. The molecule has 1 amide bonds. The van der Waals surface area contributed by atoms with Crippen molar-refractivity contribution in [1.82, 2.24) is 4.90 Å². The SMILES string of the molecule is CO[C@H](C)C(=O)N1CCC[C@H]1COc1ccc(F)cc1. The van der Waals surface area contributed by atoms with E-state index in [0.717, 1.165) is 19.4 Å². The van der Waals surface area contributed by atoms with Crippen molar-refractivity contribution in [3.8, 4) is 5.75 Å². The van der Waals surface area contributed by atoms with Crippen LogP contribution in [0, 0.1) is 5.82 Å². The maximum Gasteiger partial charge on any atom is 0.251 e. The van der Waals surface area contributed by atoms with Gasteiger partial charge in [0.2, 0.25) is 0 Å². The van der Waals surface area contributed by atoms with Crippen LogP contribution >= 0.6 is 0 Å². The van der Waals surface area contributed by atoms with Crippen LogP contribution in [-0.2, 0) is 9.53 Å². The fourth-order valence-electron chi connectivity index (χ4n) is 2.36. The molecule has 0 spiro atoms. The van der Waals surface area contributed by atoms with Crippen LogP contribution in [0.5, 0.6) is 5.75 Å². The molecule has 5 heteroatoms. The maximum atomic E-state index is 12.8. The number of likely N-dealkylation sites (tertiary alicyclic amines) is 1. The Morgan fingerprint density at radius 1 is 1.45 bits per heavy atom. The van der Waals surface area contributed by atoms with Gasteiger partial charge in [0.05, 0.1) is 6.04 Å². The number of carbonyl (C=O) groups is 1. The van der Waals surface area contributed by atoms with Crippen molar-refractivity contribution in [2.45, 2.75) is 31.9 Å². The summed E-state index contributed by atoms with van der Waals surface area (Å²) in [5, 5.41) is 0. The monoisotopic (exact) mass is 281 g/mol. The van der Waals surface area contributed by atoms with Gasteiger partial charge in [-0.3, -0.25) is 4.79 Å². The lowest BCUT2D eigenvalue weighted by atomic mass is 10.2. The summed E-state index contributed by atoms with van der Waals surface area (Å²) in [6.07, 6.45) is 1.46. The van der Waals surface area contributed by atoms with E-state index < -0.39 is 6.10 Å². The highest BCUT2D eigenvalue weighted by Crippen LogP contribution is 2.20. The number of nitrogens with zero attached hydrogens (tertiary/aromatic N) is 1. The van der Waals surface area contributed by atoms with Crippen molar-refractivity contribution in [1.29, 1.82) is 0 Å². The van der Waals surface area contributed by atoms with Crippen molar-refractivity contribution in [2.75, 3.05) is 20.3 Å². The molecule has 110 valence electrons. The molecular weight excluding hydrogens is 261 g/mol. The summed E-state index contributed by atoms with van der Waals surface area (Å²) in [6.45, 7) is 2.91. The second kappa shape index (κ2) is 6.70. The zero-order valence-electron chi connectivity index (χ0n) is 11.8. The average Bonchev–Trinajstić information content (AvgIpc) is 2.93. The summed E-state index contributed by atoms with van der Waals surface area (Å²) in [4.78, 5) is 14.0. The normalized spacial score (nSPS) is 19.9. The first kappa shape index (κ1) is 14.8. The second-order valence-corrected chi connectivity index (χ2v) is 4.97. The largest absolute Gasteiger partial charge is 0.491 e. The number of rotatable bonds is 5. The molecule has 0 bridgehead atoms. The lowest BCUT2D eigenvalue weighted by Gasteiger charge is -2.27. The van der Waals surface area contributed by atoms with Gasteiger partial charge in [-0.15, -0.1) is 0 Å². The Hall–Kier alpha value is -1.62. The van der Waals surface area contributed by atoms with E-state index in [0.29, 0.717) is 12.4 Å². The Morgan fingerprint density at radius 3 is 2.80 bits per heavy atom. The quantitative estimate of drug-likeness (QED) is 0.831. The van der Waals surface area contributed by atoms with Crippen LogP contribution in [0.25, 0.3) is 0 Å². The van der Waals surface area contributed by atoms with Crippen molar-refractivity contribution in [3.63, 3.8) is 0 Å². The highest BCUT2D eigenvalue weighted by atomic mass is 19.1. The molecule has 1 aromatic carbocycles. The van der Waals surface area contributed by atoms with Crippen LogP contribution in [0.1, 0.15) is 19.8 Å². The molecule has 1 heterocycles. The second-order valence-electron chi connectivity index (χ2n) is 4.97. The smallest absolute Gasteiger partial charge is 0.251 e. The van der Waals surface area contributed by atoms with Gasteiger partial charge < -0.3 is 14.4 Å². The van der Waals surface area contributed by atoms with Gasteiger partial charge in [0, 0.05) is 13.7 Å². The third kappa shape index (κ3) is 3.48. The minimum atomic E-state index is -0.429. The van der Waals surface area contributed by atoms with Crippen molar-refractivity contribution < 1.29 is 18.7 Å². The Morgan fingerprint density at radius 2 is 2.15 bits per heavy atom. The van der Waals surface area contributed by atoms with E-state index >= 15 is 0 Å². The topological polar surface area (TPSA) is 38.8 Å². The molecule has 0 radical (unpaired) electrons. The molecule has 0 aliphatic carbocycles. The molecule has 4 nitrogen and oxygen atoms in total. The third-order valence-electron chi connectivity index (χ3n) is 3.62. The molecule has 0 unspecified atom stereocenters. The molecule has 0 saturated carbocycles. The molecular formula is C15H20FNO3. The van der Waals surface area contributed by atoms with Crippen molar-refractivity contribution in [2.24, 2.45) is 0 Å². The van der Waals surface area contributed by atoms with E-state index in [4.69, 9.17) is 9.47 Å². The molecule has 2 rings (SSSR count). The number of halogens is 1. The van der Waals surface area contributed by atoms with Crippen LogP contribution in [-0.4, -0.2) is 43.2 Å². The molecule has 1 aromatic rings. The Kier molecular flexibility index (Phi) is 4.95. The molecule has 1 saturated heterocycles. The first-order valence-electron chi connectivity index (χ1n) is 6.83. The number of methoxy groups -OCH3 is 1. The summed E-state index contributed by atoms with van der Waals surface area (Å²) in [5.74, 6) is 0.326. The van der Waals surface area contributed by atoms with Gasteiger partial charge in [0.25, 0.3) is 5.91 Å². The van der Waals surface area contributed by atoms with Crippen LogP contribution < -0.4 is 4.74 Å². The number of amides is 1. The molecule has 1 aliphatic rings. The predicted molar refractivity (Wildman–Crippen MR) is 73.1 cm³/mol. The van der Waals surface area contributed by atoms with Gasteiger partial charge in [-0.05, 0) is 44.0 Å². The van der Waals surface area contributed by atoms with E-state index in [2.05, 4.69) is 0 Å². The highest BCUT2D eigenvalue weighted by molar-refractivity contribution is 5.81. The maximum absolute atomic E-state index is 12.8. The summed E-state index contributed by atoms with van der Waals surface area (Å²) in [6, 6.07) is 5.97. The Labute approximate surface area is 118 Å². The average molecular weight is 281 g/mol. The summed E-state index contributed by atoms with van der Waals surface area (Å²) in [7, 11) is 1.53. The van der Waals surface area contributed by atoms with Crippen LogP contribution in [0.15, 0.2) is 24.3 Å². The molecule has 20 heavy (non-hydrogen) atoms. The van der Waals surface area contributed by atoms with E-state index in [-0.39, 0.29) is 17.8 Å². The number of benzene rings is 1. The van der Waals surface area contributed by atoms with Crippen molar-refractivity contribution in [3.05, 3.63) is 30.1 Å². The first-order valence-corrected chi connectivity index (χ1v) is 6.83. The summed E-state index contributed by atoms with van der Waals surface area (Å²) >= 11 is 0. The Balaban J connectivity index is 1.91. The minimum Gasteiger partial charge on any atom is -0.491 e. The zero-order chi connectivity index (χ0) is 14.5. The summed E-state index contributed by atoms with van der Waals surface area (Å²) in [5.41, 5.74) is 0. The first-order chi connectivity index (χ1) is 9.61.